The topological polar surface area (TPSA) is 64.4 Å². The molecular weight excluding hydrogens is 420 g/mol. The Morgan fingerprint density at radius 2 is 1.76 bits per heavy atom. The molecule has 7 heteroatoms. The number of benzene rings is 2. The van der Waals surface area contributed by atoms with Crippen LogP contribution in [0.4, 0.5) is 5.69 Å². The summed E-state index contributed by atoms with van der Waals surface area (Å²) in [6.07, 6.45) is 0.508. The van der Waals surface area contributed by atoms with E-state index in [1.807, 2.05) is 47.4 Å². The van der Waals surface area contributed by atoms with Gasteiger partial charge in [0.15, 0.2) is 5.76 Å². The molecule has 1 fully saturated rings. The molecule has 0 bridgehead atoms. The summed E-state index contributed by atoms with van der Waals surface area (Å²) in [5.41, 5.74) is 2.03. The van der Waals surface area contributed by atoms with Gasteiger partial charge < -0.3 is 28.4 Å². The van der Waals surface area contributed by atoms with E-state index in [-0.39, 0.29) is 11.9 Å². The summed E-state index contributed by atoms with van der Waals surface area (Å²) in [5, 5.41) is 0. The van der Waals surface area contributed by atoms with Gasteiger partial charge in [0.2, 0.25) is 0 Å². The molecule has 1 unspecified atom stereocenters. The summed E-state index contributed by atoms with van der Waals surface area (Å²) in [5.74, 6) is 3.30. The lowest BCUT2D eigenvalue weighted by Crippen LogP contribution is -2.53. The van der Waals surface area contributed by atoms with Crippen LogP contribution in [0, 0.1) is 0 Å². The highest BCUT2D eigenvalue weighted by molar-refractivity contribution is 5.91. The normalized spacial score (nSPS) is 15.9. The first-order valence-electron chi connectivity index (χ1n) is 11.0. The number of nitrogens with zero attached hydrogens (tertiary/aromatic N) is 2. The lowest BCUT2D eigenvalue weighted by atomic mass is 10.1. The van der Waals surface area contributed by atoms with E-state index in [0.29, 0.717) is 31.0 Å². The Kier molecular flexibility index (Phi) is 6.77. The molecule has 0 saturated carbocycles. The standard InChI is InChI=1S/C26H30N2O5/c1-18-17-27(12-13-28(18)20-6-5-7-21(16-20)30-2)26(29)25-11-9-23(33-25)15-19-14-22(31-3)8-10-24(19)32-4/h5-11,14,16,18H,12-13,15,17H2,1-4H3. The van der Waals surface area contributed by atoms with Gasteiger partial charge in [-0.1, -0.05) is 6.07 Å². The molecule has 0 radical (unpaired) electrons. The van der Waals surface area contributed by atoms with Crippen LogP contribution in [0.5, 0.6) is 17.2 Å². The number of anilines is 1. The molecule has 2 heterocycles. The number of ether oxygens (including phenoxy) is 3. The lowest BCUT2D eigenvalue weighted by Gasteiger charge is -2.41. The highest BCUT2D eigenvalue weighted by atomic mass is 16.5. The maximum absolute atomic E-state index is 13.1. The lowest BCUT2D eigenvalue weighted by molar-refractivity contribution is 0.0692. The zero-order valence-electron chi connectivity index (χ0n) is 19.5. The van der Waals surface area contributed by atoms with Crippen molar-refractivity contribution in [2.24, 2.45) is 0 Å². The molecule has 33 heavy (non-hydrogen) atoms. The number of hydrogen-bond donors (Lipinski definition) is 0. The number of rotatable bonds is 7. The minimum atomic E-state index is -0.0870. The van der Waals surface area contributed by atoms with Crippen LogP contribution in [-0.2, 0) is 6.42 Å². The summed E-state index contributed by atoms with van der Waals surface area (Å²) < 4.78 is 22.1. The van der Waals surface area contributed by atoms with E-state index in [2.05, 4.69) is 17.9 Å². The second kappa shape index (κ2) is 9.90. The molecule has 3 aromatic rings. The van der Waals surface area contributed by atoms with Crippen molar-refractivity contribution in [1.82, 2.24) is 4.90 Å². The van der Waals surface area contributed by atoms with Crippen LogP contribution in [0.3, 0.4) is 0 Å². The third kappa shape index (κ3) is 4.92. The Bertz CT molecular complexity index is 1110. The molecule has 7 nitrogen and oxygen atoms in total. The molecule has 1 aliphatic heterocycles. The molecule has 1 aromatic heterocycles. The highest BCUT2D eigenvalue weighted by Crippen LogP contribution is 2.28. The average Bonchev–Trinajstić information content (AvgIpc) is 3.31. The highest BCUT2D eigenvalue weighted by Gasteiger charge is 2.29. The van der Waals surface area contributed by atoms with Crippen LogP contribution in [0.25, 0.3) is 0 Å². The second-order valence-corrected chi connectivity index (χ2v) is 8.12. The van der Waals surface area contributed by atoms with E-state index in [4.69, 9.17) is 18.6 Å². The number of carbonyl (C=O) groups is 1. The molecule has 0 aliphatic carbocycles. The van der Waals surface area contributed by atoms with Gasteiger partial charge >= 0.3 is 0 Å². The number of hydrogen-bond acceptors (Lipinski definition) is 6. The van der Waals surface area contributed by atoms with Gasteiger partial charge in [0.1, 0.15) is 23.0 Å². The summed E-state index contributed by atoms with van der Waals surface area (Å²) in [7, 11) is 4.93. The zero-order chi connectivity index (χ0) is 23.4. The van der Waals surface area contributed by atoms with Crippen LogP contribution in [-0.4, -0.2) is 57.8 Å². The summed E-state index contributed by atoms with van der Waals surface area (Å²) in [6, 6.07) is 17.4. The average molecular weight is 451 g/mol. The van der Waals surface area contributed by atoms with Gasteiger partial charge in [-0.2, -0.15) is 0 Å². The molecule has 0 N–H and O–H groups in total. The van der Waals surface area contributed by atoms with Crippen LogP contribution >= 0.6 is 0 Å². The molecule has 1 atom stereocenters. The van der Waals surface area contributed by atoms with Crippen LogP contribution in [0.1, 0.15) is 28.8 Å². The summed E-state index contributed by atoms with van der Waals surface area (Å²) >= 11 is 0. The monoisotopic (exact) mass is 450 g/mol. The predicted octanol–water partition coefficient (Wildman–Crippen LogP) is 4.25. The quantitative estimate of drug-likeness (QED) is 0.536. The minimum Gasteiger partial charge on any atom is -0.497 e. The third-order valence-corrected chi connectivity index (χ3v) is 6.02. The van der Waals surface area contributed by atoms with Gasteiger partial charge in [0, 0.05) is 49.4 Å². The maximum Gasteiger partial charge on any atom is 0.289 e. The molecule has 2 aromatic carbocycles. The van der Waals surface area contributed by atoms with Crippen LogP contribution < -0.4 is 19.1 Å². The van der Waals surface area contributed by atoms with Crippen molar-refractivity contribution in [3.8, 4) is 17.2 Å². The first-order valence-corrected chi connectivity index (χ1v) is 11.0. The van der Waals surface area contributed by atoms with E-state index in [1.54, 1.807) is 27.4 Å². The molecular formula is C26H30N2O5. The number of carbonyl (C=O) groups excluding carboxylic acids is 1. The Morgan fingerprint density at radius 1 is 0.970 bits per heavy atom. The SMILES string of the molecule is COc1cccc(N2CCN(C(=O)c3ccc(Cc4cc(OC)ccc4OC)o3)CC2C)c1. The van der Waals surface area contributed by atoms with Crippen molar-refractivity contribution >= 4 is 11.6 Å². The zero-order valence-corrected chi connectivity index (χ0v) is 19.5. The number of piperazine rings is 1. The molecule has 174 valence electrons. The number of methoxy groups -OCH3 is 3. The first kappa shape index (κ1) is 22.6. The van der Waals surface area contributed by atoms with E-state index in [9.17, 15) is 4.79 Å². The fraction of sp³-hybridized carbons (Fsp3) is 0.346. The minimum absolute atomic E-state index is 0.0870. The van der Waals surface area contributed by atoms with Gasteiger partial charge in [0.25, 0.3) is 5.91 Å². The third-order valence-electron chi connectivity index (χ3n) is 6.02. The van der Waals surface area contributed by atoms with Crippen LogP contribution in [0.2, 0.25) is 0 Å². The molecule has 0 spiro atoms. The molecule has 1 saturated heterocycles. The van der Waals surface area contributed by atoms with Crippen LogP contribution in [0.15, 0.2) is 59.0 Å². The predicted molar refractivity (Wildman–Crippen MR) is 127 cm³/mol. The Labute approximate surface area is 194 Å². The van der Waals surface area contributed by atoms with E-state index in [0.717, 1.165) is 35.0 Å². The van der Waals surface area contributed by atoms with Crippen molar-refractivity contribution in [1.29, 1.82) is 0 Å². The molecule has 4 rings (SSSR count). The fourth-order valence-corrected chi connectivity index (χ4v) is 4.27. The second-order valence-electron chi connectivity index (χ2n) is 8.12. The van der Waals surface area contributed by atoms with E-state index >= 15 is 0 Å². The summed E-state index contributed by atoms with van der Waals surface area (Å²) in [6.45, 7) is 4.12. The fourth-order valence-electron chi connectivity index (χ4n) is 4.27. The van der Waals surface area contributed by atoms with Gasteiger partial charge in [-0.15, -0.1) is 0 Å². The Balaban J connectivity index is 1.43. The van der Waals surface area contributed by atoms with Crippen molar-refractivity contribution in [2.75, 3.05) is 45.9 Å². The van der Waals surface area contributed by atoms with Gasteiger partial charge in [-0.3, -0.25) is 4.79 Å². The molecule has 1 aliphatic rings. The smallest absolute Gasteiger partial charge is 0.289 e. The van der Waals surface area contributed by atoms with Gasteiger partial charge in [0.05, 0.1) is 21.3 Å². The first-order chi connectivity index (χ1) is 16.0. The summed E-state index contributed by atoms with van der Waals surface area (Å²) in [4.78, 5) is 17.3. The van der Waals surface area contributed by atoms with E-state index < -0.39 is 0 Å². The van der Waals surface area contributed by atoms with Gasteiger partial charge in [-0.05, 0) is 49.4 Å². The van der Waals surface area contributed by atoms with Crippen molar-refractivity contribution in [2.45, 2.75) is 19.4 Å². The molecule has 1 amide bonds. The van der Waals surface area contributed by atoms with Gasteiger partial charge in [-0.25, -0.2) is 0 Å². The Hall–Kier alpha value is -3.61. The number of furan rings is 1. The number of amides is 1. The van der Waals surface area contributed by atoms with E-state index in [1.165, 1.54) is 0 Å². The Morgan fingerprint density at radius 3 is 2.48 bits per heavy atom. The largest absolute Gasteiger partial charge is 0.497 e. The van der Waals surface area contributed by atoms with Crippen molar-refractivity contribution < 1.29 is 23.4 Å². The maximum atomic E-state index is 13.1. The van der Waals surface area contributed by atoms with Crippen molar-refractivity contribution in [3.05, 3.63) is 71.7 Å². The van der Waals surface area contributed by atoms with Crippen molar-refractivity contribution in [3.63, 3.8) is 0 Å².